The number of ether oxygens (including phenoxy) is 1. The van der Waals surface area contributed by atoms with Gasteiger partial charge < -0.3 is 19.4 Å². The summed E-state index contributed by atoms with van der Waals surface area (Å²) in [5.41, 5.74) is -0.438. The second-order valence-corrected chi connectivity index (χ2v) is 7.43. The van der Waals surface area contributed by atoms with Crippen LogP contribution < -0.4 is 5.32 Å². The molecule has 130 valence electrons. The predicted octanol–water partition coefficient (Wildman–Crippen LogP) is 4.03. The van der Waals surface area contributed by atoms with Crippen molar-refractivity contribution >= 4 is 6.09 Å². The van der Waals surface area contributed by atoms with Crippen LogP contribution in [0.15, 0.2) is 16.5 Å². The maximum atomic E-state index is 12.2. The molecular weight excluding hydrogens is 292 g/mol. The van der Waals surface area contributed by atoms with Crippen LogP contribution in [-0.2, 0) is 4.74 Å². The number of aryl methyl sites for hydroxylation is 1. The monoisotopic (exact) mass is 322 g/mol. The minimum atomic E-state index is -0.438. The van der Waals surface area contributed by atoms with Gasteiger partial charge in [-0.3, -0.25) is 0 Å². The van der Waals surface area contributed by atoms with Crippen molar-refractivity contribution in [1.29, 1.82) is 0 Å². The fourth-order valence-electron chi connectivity index (χ4n) is 2.89. The van der Waals surface area contributed by atoms with Crippen LogP contribution >= 0.6 is 0 Å². The third-order valence-corrected chi connectivity index (χ3v) is 4.05. The summed E-state index contributed by atoms with van der Waals surface area (Å²) in [4.78, 5) is 14.0. The highest BCUT2D eigenvalue weighted by Gasteiger charge is 2.26. The summed E-state index contributed by atoms with van der Waals surface area (Å²) in [6, 6.07) is 4.59. The molecule has 1 aromatic heterocycles. The molecular formula is C18H30N2O3. The van der Waals surface area contributed by atoms with Gasteiger partial charge in [-0.25, -0.2) is 4.79 Å². The quantitative estimate of drug-likeness (QED) is 0.913. The third kappa shape index (κ3) is 5.57. The molecule has 1 N–H and O–H groups in total. The van der Waals surface area contributed by atoms with Crippen molar-refractivity contribution in [1.82, 2.24) is 10.2 Å². The molecule has 2 atom stereocenters. The smallest absolute Gasteiger partial charge is 0.410 e. The van der Waals surface area contributed by atoms with Crippen molar-refractivity contribution in [3.05, 3.63) is 23.7 Å². The maximum Gasteiger partial charge on any atom is 0.410 e. The van der Waals surface area contributed by atoms with Crippen molar-refractivity contribution in [2.75, 3.05) is 13.1 Å². The van der Waals surface area contributed by atoms with E-state index in [0.717, 1.165) is 43.9 Å². The highest BCUT2D eigenvalue weighted by atomic mass is 16.6. The topological polar surface area (TPSA) is 54.7 Å². The van der Waals surface area contributed by atoms with Gasteiger partial charge in [0.2, 0.25) is 0 Å². The molecule has 0 radical (unpaired) electrons. The lowest BCUT2D eigenvalue weighted by atomic mass is 10.1. The Hall–Kier alpha value is -1.49. The zero-order valence-corrected chi connectivity index (χ0v) is 15.0. The zero-order valence-electron chi connectivity index (χ0n) is 15.0. The summed E-state index contributed by atoms with van der Waals surface area (Å²) in [6.07, 6.45) is 2.78. The molecule has 23 heavy (non-hydrogen) atoms. The molecule has 2 rings (SSSR count). The number of rotatable bonds is 3. The van der Waals surface area contributed by atoms with E-state index in [0.29, 0.717) is 6.04 Å². The van der Waals surface area contributed by atoms with E-state index in [-0.39, 0.29) is 12.1 Å². The molecule has 0 bridgehead atoms. The van der Waals surface area contributed by atoms with E-state index in [1.165, 1.54) is 0 Å². The second-order valence-electron chi connectivity index (χ2n) is 7.43. The van der Waals surface area contributed by atoms with Gasteiger partial charge in [0.15, 0.2) is 0 Å². The lowest BCUT2D eigenvalue weighted by molar-refractivity contribution is 0.0256. The normalized spacial score (nSPS) is 20.9. The van der Waals surface area contributed by atoms with Gasteiger partial charge in [0.1, 0.15) is 17.1 Å². The summed E-state index contributed by atoms with van der Waals surface area (Å²) < 4.78 is 11.2. The standard InChI is InChI=1S/C18H30N2O3/c1-13-8-9-16(22-13)14(2)19-15-7-6-11-20(12-10-15)17(21)23-18(3,4)5/h8-9,14-15,19H,6-7,10-12H2,1-5H3. The molecule has 1 fully saturated rings. The Morgan fingerprint density at radius 2 is 2.09 bits per heavy atom. The molecule has 1 aromatic rings. The highest BCUT2D eigenvalue weighted by Crippen LogP contribution is 2.20. The van der Waals surface area contributed by atoms with E-state index in [1.807, 2.05) is 44.7 Å². The van der Waals surface area contributed by atoms with Gasteiger partial charge in [-0.15, -0.1) is 0 Å². The SMILES string of the molecule is Cc1ccc(C(C)NC2CCCN(C(=O)OC(C)(C)C)CC2)o1. The fraction of sp³-hybridized carbons (Fsp3) is 0.722. The van der Waals surface area contributed by atoms with E-state index >= 15 is 0 Å². The molecule has 0 aromatic carbocycles. The molecule has 0 spiro atoms. The van der Waals surface area contributed by atoms with Gasteiger partial charge >= 0.3 is 6.09 Å². The second kappa shape index (κ2) is 7.39. The van der Waals surface area contributed by atoms with Crippen LogP contribution in [0.2, 0.25) is 0 Å². The van der Waals surface area contributed by atoms with Crippen LogP contribution in [0.3, 0.4) is 0 Å². The Kier molecular flexibility index (Phi) is 5.74. The molecule has 2 unspecified atom stereocenters. The minimum Gasteiger partial charge on any atom is -0.465 e. The first-order chi connectivity index (χ1) is 10.7. The Morgan fingerprint density at radius 1 is 1.35 bits per heavy atom. The van der Waals surface area contributed by atoms with Crippen molar-refractivity contribution in [3.63, 3.8) is 0 Å². The lowest BCUT2D eigenvalue weighted by Gasteiger charge is -2.26. The van der Waals surface area contributed by atoms with Gasteiger partial charge in [-0.05, 0) is 66.0 Å². The number of likely N-dealkylation sites (tertiary alicyclic amines) is 1. The number of carbonyl (C=O) groups excluding carboxylic acids is 1. The summed E-state index contributed by atoms with van der Waals surface area (Å²) in [5, 5.41) is 3.62. The Balaban J connectivity index is 1.85. The fourth-order valence-corrected chi connectivity index (χ4v) is 2.89. The van der Waals surface area contributed by atoms with Crippen molar-refractivity contribution in [2.45, 2.75) is 71.6 Å². The largest absolute Gasteiger partial charge is 0.465 e. The van der Waals surface area contributed by atoms with Gasteiger partial charge in [-0.1, -0.05) is 0 Å². The molecule has 5 nitrogen and oxygen atoms in total. The van der Waals surface area contributed by atoms with Crippen LogP contribution in [0.5, 0.6) is 0 Å². The van der Waals surface area contributed by atoms with Crippen LogP contribution in [0.4, 0.5) is 4.79 Å². The number of amides is 1. The van der Waals surface area contributed by atoms with E-state index in [1.54, 1.807) is 0 Å². The summed E-state index contributed by atoms with van der Waals surface area (Å²) in [5.74, 6) is 1.90. The highest BCUT2D eigenvalue weighted by molar-refractivity contribution is 5.68. The zero-order chi connectivity index (χ0) is 17.0. The molecule has 1 amide bonds. The summed E-state index contributed by atoms with van der Waals surface area (Å²) >= 11 is 0. The molecule has 0 aliphatic carbocycles. The maximum absolute atomic E-state index is 12.2. The van der Waals surface area contributed by atoms with Crippen molar-refractivity contribution < 1.29 is 13.9 Å². The first-order valence-electron chi connectivity index (χ1n) is 8.55. The Labute approximate surface area is 139 Å². The molecule has 5 heteroatoms. The molecule has 0 saturated carbocycles. The Morgan fingerprint density at radius 3 is 2.70 bits per heavy atom. The Bertz CT molecular complexity index is 519. The van der Waals surface area contributed by atoms with Crippen LogP contribution in [0.25, 0.3) is 0 Å². The first-order valence-corrected chi connectivity index (χ1v) is 8.55. The molecule has 2 heterocycles. The summed E-state index contributed by atoms with van der Waals surface area (Å²) in [6.45, 7) is 11.3. The van der Waals surface area contributed by atoms with Crippen LogP contribution in [0, 0.1) is 6.92 Å². The van der Waals surface area contributed by atoms with E-state index in [2.05, 4.69) is 12.2 Å². The molecule has 1 saturated heterocycles. The summed E-state index contributed by atoms with van der Waals surface area (Å²) in [7, 11) is 0. The number of nitrogens with one attached hydrogen (secondary N) is 1. The average molecular weight is 322 g/mol. The number of nitrogens with zero attached hydrogens (tertiary/aromatic N) is 1. The number of hydrogen-bond donors (Lipinski definition) is 1. The van der Waals surface area contributed by atoms with Gasteiger partial charge in [0.25, 0.3) is 0 Å². The number of furan rings is 1. The van der Waals surface area contributed by atoms with Gasteiger partial charge in [0, 0.05) is 19.1 Å². The average Bonchev–Trinajstić information content (AvgIpc) is 2.73. The lowest BCUT2D eigenvalue weighted by Crippen LogP contribution is -2.38. The van der Waals surface area contributed by atoms with E-state index in [4.69, 9.17) is 9.15 Å². The molecule has 1 aliphatic heterocycles. The molecule has 1 aliphatic rings. The van der Waals surface area contributed by atoms with Crippen molar-refractivity contribution in [2.24, 2.45) is 0 Å². The first kappa shape index (κ1) is 17.9. The predicted molar refractivity (Wildman–Crippen MR) is 90.4 cm³/mol. The van der Waals surface area contributed by atoms with Gasteiger partial charge in [0.05, 0.1) is 6.04 Å². The minimum absolute atomic E-state index is 0.182. The van der Waals surface area contributed by atoms with E-state index < -0.39 is 5.60 Å². The van der Waals surface area contributed by atoms with Gasteiger partial charge in [-0.2, -0.15) is 0 Å². The van der Waals surface area contributed by atoms with Crippen LogP contribution in [0.1, 0.15) is 64.5 Å². The third-order valence-electron chi connectivity index (χ3n) is 4.05. The van der Waals surface area contributed by atoms with Crippen LogP contribution in [-0.4, -0.2) is 35.7 Å². The van der Waals surface area contributed by atoms with E-state index in [9.17, 15) is 4.79 Å². The number of hydrogen-bond acceptors (Lipinski definition) is 4. The van der Waals surface area contributed by atoms with Crippen molar-refractivity contribution in [3.8, 4) is 0 Å². The number of carbonyl (C=O) groups is 1.